The molecule has 0 saturated carbocycles. The molecule has 2 N–H and O–H groups in total. The molecule has 3 aromatic rings. The zero-order chi connectivity index (χ0) is 24.1. The monoisotopic (exact) mass is 478 g/mol. The highest BCUT2D eigenvalue weighted by atomic mass is 32.2. The Hall–Kier alpha value is -3.29. The summed E-state index contributed by atoms with van der Waals surface area (Å²) in [6.07, 6.45) is -5.92. The number of halogens is 5. The second-order valence-electron chi connectivity index (χ2n) is 6.69. The number of amides is 1. The number of aryl methyl sites for hydroxylation is 1. The average molecular weight is 478 g/mol. The molecule has 0 aliphatic heterocycles. The number of carbonyl (C=O) groups is 1. The number of carbonyl (C=O) groups excluding carboxylic acids is 1. The van der Waals surface area contributed by atoms with Gasteiger partial charge in [-0.15, -0.1) is 0 Å². The van der Waals surface area contributed by atoms with Crippen LogP contribution in [0.1, 0.15) is 28.8 Å². The molecule has 32 heavy (non-hydrogen) atoms. The number of sulfone groups is 1. The number of benzene rings is 1. The zero-order valence-electron chi connectivity index (χ0n) is 16.4. The van der Waals surface area contributed by atoms with Gasteiger partial charge < -0.3 is 10.4 Å². The van der Waals surface area contributed by atoms with Gasteiger partial charge in [-0.05, 0) is 31.2 Å². The van der Waals surface area contributed by atoms with Gasteiger partial charge >= 0.3 is 12.1 Å². The number of phenolic OH excluding ortho intramolecular Hbond substituents is 1. The average Bonchev–Trinajstić information content (AvgIpc) is 3.11. The Labute approximate surface area is 177 Å². The van der Waals surface area contributed by atoms with Crippen molar-refractivity contribution < 1.29 is 40.3 Å². The summed E-state index contributed by atoms with van der Waals surface area (Å²) in [5.41, 5.74) is -3.07. The van der Waals surface area contributed by atoms with Crippen molar-refractivity contribution in [3.63, 3.8) is 0 Å². The fraction of sp³-hybridized carbons (Fsp3) is 0.278. The van der Waals surface area contributed by atoms with Gasteiger partial charge in [0.1, 0.15) is 11.4 Å². The Morgan fingerprint density at radius 1 is 1.16 bits per heavy atom. The highest BCUT2D eigenvalue weighted by molar-refractivity contribution is 7.91. The third-order valence-corrected chi connectivity index (χ3v) is 6.15. The van der Waals surface area contributed by atoms with Crippen LogP contribution in [0.2, 0.25) is 0 Å². The number of rotatable bonds is 5. The van der Waals surface area contributed by atoms with Crippen molar-refractivity contribution in [2.24, 2.45) is 0 Å². The van der Waals surface area contributed by atoms with E-state index in [0.29, 0.717) is 6.07 Å². The van der Waals surface area contributed by atoms with Crippen LogP contribution in [-0.4, -0.2) is 46.0 Å². The fourth-order valence-electron chi connectivity index (χ4n) is 2.74. The third kappa shape index (κ3) is 4.09. The van der Waals surface area contributed by atoms with Gasteiger partial charge in [0.15, 0.2) is 21.2 Å². The van der Waals surface area contributed by atoms with Crippen molar-refractivity contribution in [3.05, 3.63) is 47.4 Å². The Bertz CT molecular complexity index is 1320. The lowest BCUT2D eigenvalue weighted by atomic mass is 10.2. The molecule has 0 aliphatic carbocycles. The normalized spacial score (nSPS) is 12.8. The topological polar surface area (TPSA) is 114 Å². The summed E-state index contributed by atoms with van der Waals surface area (Å²) in [6.45, 7) is 2.58. The first-order valence-corrected chi connectivity index (χ1v) is 10.5. The van der Waals surface area contributed by atoms with Gasteiger partial charge in [-0.1, -0.05) is 6.92 Å². The molecule has 14 heteroatoms. The molecule has 0 radical (unpaired) electrons. The molecule has 0 fully saturated rings. The van der Waals surface area contributed by atoms with Gasteiger partial charge in [0.05, 0.1) is 16.3 Å². The number of fused-ring (bicyclic) bond motifs is 1. The van der Waals surface area contributed by atoms with Crippen LogP contribution in [0, 0.1) is 6.92 Å². The minimum absolute atomic E-state index is 0.168. The van der Waals surface area contributed by atoms with Crippen LogP contribution in [0.5, 0.6) is 5.75 Å². The number of phenols is 1. The van der Waals surface area contributed by atoms with E-state index in [1.54, 1.807) is 0 Å². The van der Waals surface area contributed by atoms with Crippen molar-refractivity contribution >= 4 is 27.1 Å². The van der Waals surface area contributed by atoms with E-state index >= 15 is 0 Å². The van der Waals surface area contributed by atoms with Crippen LogP contribution in [0.15, 0.2) is 35.2 Å². The highest BCUT2D eigenvalue weighted by Crippen LogP contribution is 2.43. The number of hydrogen-bond acceptors (Lipinski definition) is 6. The number of nitrogens with one attached hydrogen (secondary N) is 1. The van der Waals surface area contributed by atoms with E-state index in [1.807, 2.05) is 0 Å². The Kier molecular flexibility index (Phi) is 5.62. The lowest BCUT2D eigenvalue weighted by Gasteiger charge is -2.20. The first kappa shape index (κ1) is 23.4. The van der Waals surface area contributed by atoms with Gasteiger partial charge in [0, 0.05) is 11.8 Å². The summed E-state index contributed by atoms with van der Waals surface area (Å²) in [5, 5.41) is 15.6. The maximum absolute atomic E-state index is 14.0. The smallest absolute Gasteiger partial charge is 0.459 e. The quantitative estimate of drug-likeness (QED) is 0.429. The summed E-state index contributed by atoms with van der Waals surface area (Å²) in [5.74, 6) is -7.13. The van der Waals surface area contributed by atoms with Crippen molar-refractivity contribution in [2.45, 2.75) is 30.8 Å². The molecule has 0 atom stereocenters. The maximum Gasteiger partial charge on any atom is 0.459 e. The van der Waals surface area contributed by atoms with Gasteiger partial charge in [0.25, 0.3) is 5.91 Å². The number of aromatic nitrogens is 3. The van der Waals surface area contributed by atoms with Crippen molar-refractivity contribution in [1.82, 2.24) is 14.6 Å². The molecule has 0 saturated heterocycles. The van der Waals surface area contributed by atoms with Crippen LogP contribution in [0.4, 0.5) is 27.6 Å². The van der Waals surface area contributed by atoms with Gasteiger partial charge in [-0.2, -0.15) is 27.1 Å². The molecule has 0 unspecified atom stereocenters. The van der Waals surface area contributed by atoms with E-state index in [1.165, 1.54) is 13.8 Å². The molecule has 2 aromatic heterocycles. The largest absolute Gasteiger partial charge is 0.506 e. The van der Waals surface area contributed by atoms with Crippen LogP contribution in [0.25, 0.3) is 5.65 Å². The van der Waals surface area contributed by atoms with E-state index in [-0.39, 0.29) is 26.5 Å². The lowest BCUT2D eigenvalue weighted by Crippen LogP contribution is -2.36. The number of anilines is 1. The van der Waals surface area contributed by atoms with E-state index in [0.717, 1.165) is 24.3 Å². The number of hydrogen-bond donors (Lipinski definition) is 2. The Balaban J connectivity index is 2.04. The van der Waals surface area contributed by atoms with Crippen LogP contribution >= 0.6 is 0 Å². The zero-order valence-corrected chi connectivity index (χ0v) is 17.2. The second-order valence-corrected chi connectivity index (χ2v) is 8.97. The number of alkyl halides is 5. The van der Waals surface area contributed by atoms with Crippen LogP contribution in [-0.2, 0) is 15.8 Å². The summed E-state index contributed by atoms with van der Waals surface area (Å²) in [7, 11) is -3.68. The molecule has 1 amide bonds. The molecule has 172 valence electrons. The van der Waals surface area contributed by atoms with Gasteiger partial charge in [0.2, 0.25) is 0 Å². The molecule has 0 bridgehead atoms. The van der Waals surface area contributed by atoms with Crippen molar-refractivity contribution in [2.75, 3.05) is 11.1 Å². The summed E-state index contributed by atoms with van der Waals surface area (Å²) in [6, 6.07) is 4.50. The molecule has 0 spiro atoms. The molecular weight excluding hydrogens is 463 g/mol. The van der Waals surface area contributed by atoms with E-state index in [2.05, 4.69) is 15.4 Å². The fourth-order valence-corrected chi connectivity index (χ4v) is 3.65. The molecule has 3 rings (SSSR count). The van der Waals surface area contributed by atoms with Gasteiger partial charge in [-0.3, -0.25) is 4.79 Å². The van der Waals surface area contributed by atoms with E-state index in [9.17, 15) is 40.3 Å². The maximum atomic E-state index is 14.0. The first-order chi connectivity index (χ1) is 14.7. The minimum Gasteiger partial charge on any atom is -0.506 e. The predicted molar refractivity (Wildman–Crippen MR) is 101 cm³/mol. The Morgan fingerprint density at radius 2 is 1.81 bits per heavy atom. The molecule has 2 heterocycles. The van der Waals surface area contributed by atoms with Gasteiger partial charge in [-0.25, -0.2) is 17.9 Å². The molecular formula is C18H15F5N4O4S. The van der Waals surface area contributed by atoms with E-state index < -0.39 is 50.6 Å². The summed E-state index contributed by atoms with van der Waals surface area (Å²) < 4.78 is 90.8. The molecule has 0 aliphatic rings. The third-order valence-electron chi connectivity index (χ3n) is 4.42. The van der Waals surface area contributed by atoms with Crippen molar-refractivity contribution in [1.29, 1.82) is 0 Å². The first-order valence-electron chi connectivity index (χ1n) is 8.87. The minimum atomic E-state index is -5.92. The molecule has 8 nitrogen and oxygen atoms in total. The van der Waals surface area contributed by atoms with Crippen LogP contribution in [0.3, 0.4) is 0 Å². The lowest BCUT2D eigenvalue weighted by molar-refractivity contribution is -0.291. The predicted octanol–water partition coefficient (Wildman–Crippen LogP) is 3.44. The SMILES string of the molecule is CCS(=O)(=O)c1ccc(O)c(NC(=O)c2cc3nc(C)cc(C(F)(F)C(F)(F)F)n3n2)c1. The second kappa shape index (κ2) is 7.69. The highest BCUT2D eigenvalue weighted by Gasteiger charge is 2.60. The number of aromatic hydroxyl groups is 1. The number of nitrogens with zero attached hydrogens (tertiary/aromatic N) is 3. The summed E-state index contributed by atoms with van der Waals surface area (Å²) in [4.78, 5) is 16.1. The molecule has 1 aromatic carbocycles. The summed E-state index contributed by atoms with van der Waals surface area (Å²) >= 11 is 0. The van der Waals surface area contributed by atoms with E-state index in [4.69, 9.17) is 0 Å². The van der Waals surface area contributed by atoms with Crippen molar-refractivity contribution in [3.8, 4) is 5.75 Å². The standard InChI is InChI=1S/C18H15F5N4O4S/c1-3-32(30,31)10-4-5-13(28)11(7-10)25-16(29)12-8-15-24-9(2)6-14(27(15)26-12)17(19,20)18(21,22)23/h4-8,28H,3H2,1-2H3,(H,25,29). The van der Waals surface area contributed by atoms with Crippen LogP contribution < -0.4 is 5.32 Å². The Morgan fingerprint density at radius 3 is 2.41 bits per heavy atom.